The molecule has 0 saturated heterocycles. The molecule has 0 amide bonds. The molecule has 226 valence electrons. The molecule has 0 radical (unpaired) electrons. The highest BCUT2D eigenvalue weighted by Gasteiger charge is 2.16. The van der Waals surface area contributed by atoms with Crippen LogP contribution in [0.15, 0.2) is 128 Å². The molecule has 4 aromatic carbocycles. The number of anilines is 1. The van der Waals surface area contributed by atoms with Crippen LogP contribution in [-0.4, -0.2) is 40.3 Å². The van der Waals surface area contributed by atoms with Crippen molar-refractivity contribution in [1.29, 1.82) is 0 Å². The maximum Gasteiger partial charge on any atom is 0.240 e. The number of rotatable bonds is 4. The van der Waals surface area contributed by atoms with Crippen molar-refractivity contribution >= 4 is 27.8 Å². The van der Waals surface area contributed by atoms with Crippen molar-refractivity contribution in [2.45, 2.75) is 6.92 Å². The second-order valence-electron chi connectivity index (χ2n) is 10.6. The fourth-order valence-corrected chi connectivity index (χ4v) is 5.24. The fraction of sp³-hybridized carbons (Fsp3) is 0.0270. The van der Waals surface area contributed by atoms with Gasteiger partial charge in [0.05, 0.1) is 5.52 Å². The van der Waals surface area contributed by atoms with E-state index in [9.17, 15) is 4.39 Å². The third-order valence-corrected chi connectivity index (χ3v) is 7.40. The summed E-state index contributed by atoms with van der Waals surface area (Å²) < 4.78 is 14.4. The number of nitrogens with two attached hydrogens (primary N) is 1. The SMILES string of the molecule is Cc1nnc(-c2ccc3ncccc3c2)c(-c2ccccc2)n1.Nc1nnc(-c2cc(F)c3ncccc3c2)c(-c2ccccc2)n1. The maximum atomic E-state index is 14.4. The summed E-state index contributed by atoms with van der Waals surface area (Å²) in [5.41, 5.74) is 13.1. The molecule has 4 heterocycles. The molecule has 10 heteroatoms. The van der Waals surface area contributed by atoms with E-state index in [0.29, 0.717) is 33.7 Å². The Labute approximate surface area is 269 Å². The highest BCUT2D eigenvalue weighted by atomic mass is 19.1. The lowest BCUT2D eigenvalue weighted by Crippen LogP contribution is -2.02. The summed E-state index contributed by atoms with van der Waals surface area (Å²) in [5.74, 6) is 0.316. The van der Waals surface area contributed by atoms with E-state index < -0.39 is 5.82 Å². The number of hydrogen-bond donors (Lipinski definition) is 1. The van der Waals surface area contributed by atoms with Gasteiger partial charge in [-0.25, -0.2) is 14.4 Å². The van der Waals surface area contributed by atoms with Crippen molar-refractivity contribution < 1.29 is 4.39 Å². The second kappa shape index (κ2) is 12.8. The number of nitrogens with zero attached hydrogens (tertiary/aromatic N) is 8. The third kappa shape index (κ3) is 6.20. The quantitative estimate of drug-likeness (QED) is 0.213. The molecule has 0 fully saturated rings. The van der Waals surface area contributed by atoms with Crippen LogP contribution in [0, 0.1) is 12.7 Å². The smallest absolute Gasteiger partial charge is 0.240 e. The normalized spacial score (nSPS) is 10.9. The Morgan fingerprint density at radius 3 is 1.87 bits per heavy atom. The average molecular weight is 616 g/mol. The first kappa shape index (κ1) is 29.2. The predicted octanol–water partition coefficient (Wildman–Crippen LogP) is 7.54. The van der Waals surface area contributed by atoms with E-state index in [1.165, 1.54) is 6.07 Å². The molecule has 9 nitrogen and oxygen atoms in total. The van der Waals surface area contributed by atoms with E-state index in [0.717, 1.165) is 39.0 Å². The number of pyridine rings is 2. The standard InChI is InChI=1S/C19H14N4.C18H12FN5/c1-13-21-18(14-6-3-2-4-7-14)19(23-22-13)16-9-10-17-15(12-16)8-5-11-20-17;19-14-10-13(9-12-7-4-8-21-15(12)14)17-16(22-18(20)24-23-17)11-5-2-1-3-6-11/h2-12H,1H3;1-10H,(H2,20,22,24). The molecule has 2 N–H and O–H groups in total. The lowest BCUT2D eigenvalue weighted by atomic mass is 10.0. The zero-order valence-electron chi connectivity index (χ0n) is 25.2. The van der Waals surface area contributed by atoms with Crippen LogP contribution in [0.3, 0.4) is 0 Å². The van der Waals surface area contributed by atoms with Crippen molar-refractivity contribution in [3.63, 3.8) is 0 Å². The van der Waals surface area contributed by atoms with Crippen LogP contribution < -0.4 is 5.73 Å². The number of aromatic nitrogens is 8. The Kier molecular flexibility index (Phi) is 7.96. The van der Waals surface area contributed by atoms with Gasteiger partial charge in [-0.1, -0.05) is 78.9 Å². The first-order valence-corrected chi connectivity index (χ1v) is 14.8. The summed E-state index contributed by atoms with van der Waals surface area (Å²) in [4.78, 5) is 17.3. The molecule has 8 aromatic rings. The van der Waals surface area contributed by atoms with Crippen LogP contribution in [0.5, 0.6) is 0 Å². The number of nitrogen functional groups attached to an aromatic ring is 1. The van der Waals surface area contributed by atoms with Gasteiger partial charge in [0.2, 0.25) is 5.95 Å². The Morgan fingerprint density at radius 2 is 1.13 bits per heavy atom. The van der Waals surface area contributed by atoms with Crippen molar-refractivity contribution in [1.82, 2.24) is 40.3 Å². The molecule has 8 rings (SSSR count). The topological polar surface area (TPSA) is 129 Å². The molecule has 0 unspecified atom stereocenters. The minimum atomic E-state index is -0.416. The Balaban J connectivity index is 0.000000150. The highest BCUT2D eigenvalue weighted by Crippen LogP contribution is 2.32. The summed E-state index contributed by atoms with van der Waals surface area (Å²) in [7, 11) is 0. The van der Waals surface area contributed by atoms with E-state index in [4.69, 9.17) is 5.73 Å². The second-order valence-corrected chi connectivity index (χ2v) is 10.6. The summed E-state index contributed by atoms with van der Waals surface area (Å²) in [6, 6.07) is 36.4. The first-order valence-electron chi connectivity index (χ1n) is 14.8. The minimum Gasteiger partial charge on any atom is -0.366 e. The van der Waals surface area contributed by atoms with E-state index in [-0.39, 0.29) is 5.95 Å². The first-order chi connectivity index (χ1) is 23.0. The molecule has 0 aliphatic heterocycles. The molecular formula is C37H26FN9. The zero-order chi connectivity index (χ0) is 32.2. The van der Waals surface area contributed by atoms with Crippen molar-refractivity contribution in [3.05, 3.63) is 139 Å². The molecule has 0 spiro atoms. The van der Waals surface area contributed by atoms with Crippen LogP contribution in [0.25, 0.3) is 66.8 Å². The van der Waals surface area contributed by atoms with Crippen molar-refractivity contribution in [3.8, 4) is 45.0 Å². The number of hydrogen-bond acceptors (Lipinski definition) is 9. The van der Waals surface area contributed by atoms with E-state index in [1.807, 2.05) is 97.9 Å². The van der Waals surface area contributed by atoms with Gasteiger partial charge in [0.1, 0.15) is 39.9 Å². The fourth-order valence-electron chi connectivity index (χ4n) is 5.24. The van der Waals surface area contributed by atoms with Crippen molar-refractivity contribution in [2.24, 2.45) is 0 Å². The van der Waals surface area contributed by atoms with E-state index in [2.05, 4.69) is 46.4 Å². The van der Waals surface area contributed by atoms with Gasteiger partial charge in [0.15, 0.2) is 0 Å². The summed E-state index contributed by atoms with van der Waals surface area (Å²) >= 11 is 0. The molecule has 0 bridgehead atoms. The zero-order valence-corrected chi connectivity index (χ0v) is 25.2. The Morgan fingerprint density at radius 1 is 0.511 bits per heavy atom. The monoisotopic (exact) mass is 615 g/mol. The molecule has 4 aromatic heterocycles. The van der Waals surface area contributed by atoms with Gasteiger partial charge in [-0.15, -0.1) is 20.4 Å². The van der Waals surface area contributed by atoms with Gasteiger partial charge < -0.3 is 5.73 Å². The number of benzene rings is 4. The maximum absolute atomic E-state index is 14.4. The van der Waals surface area contributed by atoms with Crippen LogP contribution in [0.4, 0.5) is 10.3 Å². The van der Waals surface area contributed by atoms with Gasteiger partial charge in [-0.3, -0.25) is 9.97 Å². The predicted molar refractivity (Wildman–Crippen MR) is 181 cm³/mol. The van der Waals surface area contributed by atoms with Crippen LogP contribution in [0.2, 0.25) is 0 Å². The molecular weight excluding hydrogens is 589 g/mol. The molecule has 47 heavy (non-hydrogen) atoms. The third-order valence-electron chi connectivity index (χ3n) is 7.40. The molecule has 0 atom stereocenters. The Hall–Kier alpha value is -6.55. The summed E-state index contributed by atoms with van der Waals surface area (Å²) in [6.45, 7) is 1.85. The van der Waals surface area contributed by atoms with Gasteiger partial charge in [0.25, 0.3) is 0 Å². The highest BCUT2D eigenvalue weighted by molar-refractivity contribution is 5.88. The van der Waals surface area contributed by atoms with Crippen molar-refractivity contribution in [2.75, 3.05) is 5.73 Å². The largest absolute Gasteiger partial charge is 0.366 e. The van der Waals surface area contributed by atoms with E-state index in [1.54, 1.807) is 24.5 Å². The van der Waals surface area contributed by atoms with Crippen LogP contribution in [-0.2, 0) is 0 Å². The van der Waals surface area contributed by atoms with Gasteiger partial charge >= 0.3 is 0 Å². The minimum absolute atomic E-state index is 0.0699. The number of aryl methyl sites for hydroxylation is 1. The van der Waals surface area contributed by atoms with E-state index >= 15 is 0 Å². The molecule has 0 aliphatic carbocycles. The van der Waals surface area contributed by atoms with Crippen LogP contribution >= 0.6 is 0 Å². The lowest BCUT2D eigenvalue weighted by Gasteiger charge is -2.09. The van der Waals surface area contributed by atoms with Gasteiger partial charge in [-0.2, -0.15) is 0 Å². The Bertz CT molecular complexity index is 2350. The summed E-state index contributed by atoms with van der Waals surface area (Å²) in [6.07, 6.45) is 3.36. The number of halogens is 1. The summed E-state index contributed by atoms with van der Waals surface area (Å²) in [5, 5.41) is 18.3. The molecule has 0 saturated carbocycles. The average Bonchev–Trinajstić information content (AvgIpc) is 3.12. The van der Waals surface area contributed by atoms with Crippen LogP contribution in [0.1, 0.15) is 5.82 Å². The number of fused-ring (bicyclic) bond motifs is 2. The lowest BCUT2D eigenvalue weighted by molar-refractivity contribution is 0.637. The van der Waals surface area contributed by atoms with Gasteiger partial charge in [0, 0.05) is 45.4 Å². The molecule has 0 aliphatic rings. The van der Waals surface area contributed by atoms with Gasteiger partial charge in [-0.05, 0) is 43.3 Å².